The van der Waals surface area contributed by atoms with Crippen LogP contribution >= 0.6 is 0 Å². The summed E-state index contributed by atoms with van der Waals surface area (Å²) in [6, 6.07) is 12.4. The summed E-state index contributed by atoms with van der Waals surface area (Å²) in [5, 5.41) is 18.3. The normalized spacial score (nSPS) is 9.75. The summed E-state index contributed by atoms with van der Waals surface area (Å²) < 4.78 is 13.6. The second-order valence-corrected chi connectivity index (χ2v) is 3.32. The van der Waals surface area contributed by atoms with Crippen LogP contribution in [0.15, 0.2) is 42.5 Å². The molecule has 2 rings (SSSR count). The van der Waals surface area contributed by atoms with Gasteiger partial charge in [0.05, 0.1) is 11.6 Å². The summed E-state index contributed by atoms with van der Waals surface area (Å²) in [4.78, 5) is 0. The first-order valence-corrected chi connectivity index (χ1v) is 4.70. The molecule has 2 aromatic rings. The highest BCUT2D eigenvalue weighted by molar-refractivity contribution is 5.71. The molecule has 78 valence electrons. The quantitative estimate of drug-likeness (QED) is 0.791. The van der Waals surface area contributed by atoms with Gasteiger partial charge < -0.3 is 5.11 Å². The van der Waals surface area contributed by atoms with Gasteiger partial charge in [0.15, 0.2) is 0 Å². The lowest BCUT2D eigenvalue weighted by Gasteiger charge is -2.05. The van der Waals surface area contributed by atoms with Crippen molar-refractivity contribution in [2.24, 2.45) is 0 Å². The topological polar surface area (TPSA) is 44.0 Å². The van der Waals surface area contributed by atoms with Gasteiger partial charge in [-0.2, -0.15) is 5.26 Å². The van der Waals surface area contributed by atoms with Crippen LogP contribution in [0.5, 0.6) is 5.75 Å². The largest absolute Gasteiger partial charge is 0.507 e. The van der Waals surface area contributed by atoms with E-state index in [1.165, 1.54) is 24.3 Å². The van der Waals surface area contributed by atoms with E-state index in [4.69, 9.17) is 5.26 Å². The van der Waals surface area contributed by atoms with Crippen LogP contribution < -0.4 is 0 Å². The Hall–Kier alpha value is -2.34. The first-order chi connectivity index (χ1) is 7.72. The Bertz CT molecular complexity index is 572. The zero-order valence-corrected chi connectivity index (χ0v) is 8.31. The lowest BCUT2D eigenvalue weighted by molar-refractivity contribution is 0.476. The zero-order valence-electron chi connectivity index (χ0n) is 8.31. The standard InChI is InChI=1S/C13H8FNO/c14-12-6-5-9(8-15)7-11(12)10-3-1-2-4-13(10)16/h1-7,16H. The molecule has 0 fully saturated rings. The summed E-state index contributed by atoms with van der Waals surface area (Å²) in [6.45, 7) is 0. The molecule has 0 saturated carbocycles. The molecule has 2 nitrogen and oxygen atoms in total. The molecular weight excluding hydrogens is 205 g/mol. The maximum atomic E-state index is 13.6. The first kappa shape index (κ1) is 10.2. The van der Waals surface area contributed by atoms with Crippen molar-refractivity contribution in [1.82, 2.24) is 0 Å². The summed E-state index contributed by atoms with van der Waals surface area (Å²) in [6.07, 6.45) is 0. The number of hydrogen-bond donors (Lipinski definition) is 1. The van der Waals surface area contributed by atoms with Gasteiger partial charge in [0, 0.05) is 11.1 Å². The highest BCUT2D eigenvalue weighted by Gasteiger charge is 2.09. The molecule has 0 atom stereocenters. The predicted molar refractivity (Wildman–Crippen MR) is 58.2 cm³/mol. The number of rotatable bonds is 1. The molecule has 0 bridgehead atoms. The third-order valence-electron chi connectivity index (χ3n) is 2.29. The number of para-hydroxylation sites is 1. The van der Waals surface area contributed by atoms with Crippen LogP contribution in [0.3, 0.4) is 0 Å². The van der Waals surface area contributed by atoms with Crippen molar-refractivity contribution in [1.29, 1.82) is 5.26 Å². The molecule has 0 amide bonds. The monoisotopic (exact) mass is 213 g/mol. The Labute approximate surface area is 92.2 Å². The van der Waals surface area contributed by atoms with Crippen molar-refractivity contribution >= 4 is 0 Å². The van der Waals surface area contributed by atoms with Gasteiger partial charge in [-0.05, 0) is 24.3 Å². The van der Waals surface area contributed by atoms with E-state index in [0.717, 1.165) is 0 Å². The summed E-state index contributed by atoms with van der Waals surface area (Å²) in [5.41, 5.74) is 0.980. The number of benzene rings is 2. The van der Waals surface area contributed by atoms with Crippen molar-refractivity contribution in [3.8, 4) is 22.9 Å². The fraction of sp³-hybridized carbons (Fsp3) is 0. The average molecular weight is 213 g/mol. The molecule has 0 aliphatic heterocycles. The van der Waals surface area contributed by atoms with E-state index in [1.54, 1.807) is 18.2 Å². The molecule has 0 saturated heterocycles. The van der Waals surface area contributed by atoms with Gasteiger partial charge in [0.1, 0.15) is 11.6 Å². The van der Waals surface area contributed by atoms with Crippen LogP contribution in [-0.4, -0.2) is 5.11 Å². The SMILES string of the molecule is N#Cc1ccc(F)c(-c2ccccc2O)c1. The van der Waals surface area contributed by atoms with E-state index >= 15 is 0 Å². The molecule has 0 heterocycles. The number of phenols is 1. The molecule has 1 N–H and O–H groups in total. The molecule has 16 heavy (non-hydrogen) atoms. The minimum atomic E-state index is -0.458. The third kappa shape index (κ3) is 1.73. The van der Waals surface area contributed by atoms with Gasteiger partial charge in [-0.15, -0.1) is 0 Å². The smallest absolute Gasteiger partial charge is 0.131 e. The van der Waals surface area contributed by atoms with Crippen molar-refractivity contribution in [2.75, 3.05) is 0 Å². The number of nitrogens with zero attached hydrogens (tertiary/aromatic N) is 1. The Balaban J connectivity index is 2.65. The molecule has 0 unspecified atom stereocenters. The number of hydrogen-bond acceptors (Lipinski definition) is 2. The van der Waals surface area contributed by atoms with E-state index in [1.807, 2.05) is 6.07 Å². The number of halogens is 1. The van der Waals surface area contributed by atoms with Crippen LogP contribution in [-0.2, 0) is 0 Å². The lowest BCUT2D eigenvalue weighted by Crippen LogP contribution is -1.86. The van der Waals surface area contributed by atoms with Gasteiger partial charge in [-0.1, -0.05) is 18.2 Å². The maximum Gasteiger partial charge on any atom is 0.131 e. The minimum absolute atomic E-state index is 0.00325. The van der Waals surface area contributed by atoms with Crippen molar-refractivity contribution in [2.45, 2.75) is 0 Å². The first-order valence-electron chi connectivity index (χ1n) is 4.70. The minimum Gasteiger partial charge on any atom is -0.507 e. The van der Waals surface area contributed by atoms with Gasteiger partial charge in [-0.3, -0.25) is 0 Å². The van der Waals surface area contributed by atoms with Gasteiger partial charge in [0.2, 0.25) is 0 Å². The molecule has 0 aliphatic carbocycles. The summed E-state index contributed by atoms with van der Waals surface area (Å²) >= 11 is 0. The average Bonchev–Trinajstić information content (AvgIpc) is 2.31. The van der Waals surface area contributed by atoms with Gasteiger partial charge >= 0.3 is 0 Å². The molecule has 0 spiro atoms. The zero-order chi connectivity index (χ0) is 11.5. The molecule has 0 radical (unpaired) electrons. The second kappa shape index (κ2) is 4.03. The lowest BCUT2D eigenvalue weighted by atomic mass is 10.0. The number of aromatic hydroxyl groups is 1. The Kier molecular flexibility index (Phi) is 2.57. The van der Waals surface area contributed by atoms with Crippen molar-refractivity contribution < 1.29 is 9.50 Å². The maximum absolute atomic E-state index is 13.6. The molecule has 0 aromatic heterocycles. The fourth-order valence-corrected chi connectivity index (χ4v) is 1.50. The summed E-state index contributed by atoms with van der Waals surface area (Å²) in [5.74, 6) is -0.461. The Morgan fingerprint density at radius 2 is 1.81 bits per heavy atom. The van der Waals surface area contributed by atoms with Gasteiger partial charge in [0.25, 0.3) is 0 Å². The van der Waals surface area contributed by atoms with Crippen LogP contribution in [0.1, 0.15) is 5.56 Å². The fourth-order valence-electron chi connectivity index (χ4n) is 1.50. The molecule has 3 heteroatoms. The van der Waals surface area contributed by atoms with Crippen molar-refractivity contribution in [3.05, 3.63) is 53.8 Å². The molecule has 2 aromatic carbocycles. The van der Waals surface area contributed by atoms with E-state index in [0.29, 0.717) is 11.1 Å². The predicted octanol–water partition coefficient (Wildman–Crippen LogP) is 3.07. The van der Waals surface area contributed by atoms with Crippen LogP contribution in [0.4, 0.5) is 4.39 Å². The number of phenolic OH excluding ortho intramolecular Hbond substituents is 1. The third-order valence-corrected chi connectivity index (χ3v) is 2.29. The Morgan fingerprint density at radius 1 is 1.06 bits per heavy atom. The summed E-state index contributed by atoms with van der Waals surface area (Å²) in [7, 11) is 0. The highest BCUT2D eigenvalue weighted by Crippen LogP contribution is 2.31. The van der Waals surface area contributed by atoms with Crippen LogP contribution in [0, 0.1) is 17.1 Å². The molecular formula is C13H8FNO. The van der Waals surface area contributed by atoms with Crippen LogP contribution in [0.25, 0.3) is 11.1 Å². The molecule has 0 aliphatic rings. The highest BCUT2D eigenvalue weighted by atomic mass is 19.1. The van der Waals surface area contributed by atoms with E-state index in [-0.39, 0.29) is 11.3 Å². The van der Waals surface area contributed by atoms with E-state index in [2.05, 4.69) is 0 Å². The van der Waals surface area contributed by atoms with E-state index < -0.39 is 5.82 Å². The number of nitriles is 1. The Morgan fingerprint density at radius 3 is 2.50 bits per heavy atom. The van der Waals surface area contributed by atoms with Gasteiger partial charge in [-0.25, -0.2) is 4.39 Å². The second-order valence-electron chi connectivity index (χ2n) is 3.32. The van der Waals surface area contributed by atoms with E-state index in [9.17, 15) is 9.50 Å². The van der Waals surface area contributed by atoms with Crippen LogP contribution in [0.2, 0.25) is 0 Å². The van der Waals surface area contributed by atoms with Crippen molar-refractivity contribution in [3.63, 3.8) is 0 Å².